The van der Waals surface area contributed by atoms with Crippen molar-refractivity contribution in [3.63, 3.8) is 0 Å². The Hall–Kier alpha value is -1.58. The molecule has 31 heavy (non-hydrogen) atoms. The predicted octanol–water partition coefficient (Wildman–Crippen LogP) is 7.71. The Bertz CT molecular complexity index is 917. The molecule has 0 heterocycles. The number of aryl methyl sites for hydroxylation is 1. The molecule has 1 unspecified atom stereocenters. The van der Waals surface area contributed by atoms with Crippen molar-refractivity contribution < 1.29 is 4.74 Å². The first-order valence-corrected chi connectivity index (χ1v) is 12.4. The maximum absolute atomic E-state index is 6.18. The van der Waals surface area contributed by atoms with Gasteiger partial charge in [0, 0.05) is 24.0 Å². The molecule has 0 N–H and O–H groups in total. The third-order valence-corrected chi connectivity index (χ3v) is 7.51. The van der Waals surface area contributed by atoms with E-state index in [2.05, 4.69) is 99.0 Å². The molecular formula is C28H38BrNO. The SMILES string of the molecule is CCN(C)C=C(C)C(C)C1=CC(Br)=C(COCc2ccccc2C)CC(C)=C1C1CC1. The molecule has 168 valence electrons. The molecule has 0 saturated heterocycles. The summed E-state index contributed by atoms with van der Waals surface area (Å²) in [6.45, 7) is 13.7. The second kappa shape index (κ2) is 10.8. The van der Waals surface area contributed by atoms with Gasteiger partial charge in [-0.05, 0) is 93.0 Å². The number of benzene rings is 1. The van der Waals surface area contributed by atoms with E-state index in [9.17, 15) is 0 Å². The fourth-order valence-electron chi connectivity index (χ4n) is 4.35. The summed E-state index contributed by atoms with van der Waals surface area (Å²) in [6, 6.07) is 8.48. The molecule has 1 saturated carbocycles. The summed E-state index contributed by atoms with van der Waals surface area (Å²) in [5.41, 5.74) is 9.92. The number of allylic oxidation sites excluding steroid dienone is 6. The van der Waals surface area contributed by atoms with Crippen molar-refractivity contribution in [3.05, 3.63) is 80.0 Å². The van der Waals surface area contributed by atoms with Crippen molar-refractivity contribution in [2.45, 2.75) is 60.5 Å². The summed E-state index contributed by atoms with van der Waals surface area (Å²) in [5.74, 6) is 1.14. The largest absolute Gasteiger partial charge is 0.381 e. The van der Waals surface area contributed by atoms with E-state index >= 15 is 0 Å². The Labute approximate surface area is 197 Å². The normalized spacial score (nSPS) is 18.8. The lowest BCUT2D eigenvalue weighted by atomic mass is 9.84. The fraction of sp³-hybridized carbons (Fsp3) is 0.500. The summed E-state index contributed by atoms with van der Waals surface area (Å²) in [5, 5.41) is 0. The molecule has 3 rings (SSSR count). The van der Waals surface area contributed by atoms with Crippen LogP contribution < -0.4 is 0 Å². The number of hydrogen-bond donors (Lipinski definition) is 0. The lowest BCUT2D eigenvalue weighted by Crippen LogP contribution is -2.13. The minimum Gasteiger partial charge on any atom is -0.381 e. The van der Waals surface area contributed by atoms with Crippen LogP contribution in [0.15, 0.2) is 68.9 Å². The van der Waals surface area contributed by atoms with Gasteiger partial charge in [0.15, 0.2) is 0 Å². The highest BCUT2D eigenvalue weighted by molar-refractivity contribution is 9.11. The zero-order valence-electron chi connectivity index (χ0n) is 20.1. The Balaban J connectivity index is 1.83. The van der Waals surface area contributed by atoms with Crippen LogP contribution in [0.4, 0.5) is 0 Å². The molecule has 2 aliphatic carbocycles. The molecule has 1 aromatic rings. The molecule has 0 bridgehead atoms. The van der Waals surface area contributed by atoms with Crippen LogP contribution in [-0.4, -0.2) is 25.1 Å². The summed E-state index contributed by atoms with van der Waals surface area (Å²) in [6.07, 6.45) is 8.34. The second-order valence-corrected chi connectivity index (χ2v) is 10.1. The van der Waals surface area contributed by atoms with Crippen molar-refractivity contribution in [2.24, 2.45) is 11.8 Å². The third kappa shape index (κ3) is 6.23. The minimum atomic E-state index is 0.402. The van der Waals surface area contributed by atoms with Gasteiger partial charge in [-0.25, -0.2) is 0 Å². The quantitative estimate of drug-likeness (QED) is 0.356. The number of nitrogens with zero attached hydrogens (tertiary/aromatic N) is 1. The first kappa shape index (κ1) is 24.1. The first-order valence-electron chi connectivity index (χ1n) is 11.6. The molecule has 2 nitrogen and oxygen atoms in total. The first-order chi connectivity index (χ1) is 14.8. The monoisotopic (exact) mass is 483 g/mol. The molecule has 2 aliphatic rings. The fourth-order valence-corrected chi connectivity index (χ4v) is 4.85. The van der Waals surface area contributed by atoms with Crippen LogP contribution >= 0.6 is 15.9 Å². The topological polar surface area (TPSA) is 12.5 Å². The van der Waals surface area contributed by atoms with Gasteiger partial charge in [0.2, 0.25) is 0 Å². The molecule has 0 aromatic heterocycles. The molecule has 3 heteroatoms. The number of hydrogen-bond acceptors (Lipinski definition) is 2. The lowest BCUT2D eigenvalue weighted by Gasteiger charge is -2.23. The highest BCUT2D eigenvalue weighted by atomic mass is 79.9. The van der Waals surface area contributed by atoms with E-state index in [-0.39, 0.29) is 0 Å². The number of ether oxygens (including phenoxy) is 1. The van der Waals surface area contributed by atoms with Crippen molar-refractivity contribution in [3.8, 4) is 0 Å². The van der Waals surface area contributed by atoms with Crippen molar-refractivity contribution in [2.75, 3.05) is 20.2 Å². The Morgan fingerprint density at radius 2 is 1.94 bits per heavy atom. The van der Waals surface area contributed by atoms with Gasteiger partial charge in [0.1, 0.15) is 0 Å². The van der Waals surface area contributed by atoms with Crippen LogP contribution in [0.5, 0.6) is 0 Å². The highest BCUT2D eigenvalue weighted by Crippen LogP contribution is 2.47. The predicted molar refractivity (Wildman–Crippen MR) is 136 cm³/mol. The van der Waals surface area contributed by atoms with Gasteiger partial charge in [-0.3, -0.25) is 0 Å². The third-order valence-electron chi connectivity index (χ3n) is 6.72. The van der Waals surface area contributed by atoms with Gasteiger partial charge < -0.3 is 9.64 Å². The summed E-state index contributed by atoms with van der Waals surface area (Å²) in [7, 11) is 2.15. The van der Waals surface area contributed by atoms with E-state index in [0.717, 1.165) is 18.9 Å². The Morgan fingerprint density at radius 1 is 1.23 bits per heavy atom. The second-order valence-electron chi connectivity index (χ2n) is 9.28. The molecule has 0 spiro atoms. The van der Waals surface area contributed by atoms with Crippen LogP contribution in [0.3, 0.4) is 0 Å². The maximum atomic E-state index is 6.18. The average molecular weight is 485 g/mol. The summed E-state index contributed by atoms with van der Waals surface area (Å²) >= 11 is 3.92. The lowest BCUT2D eigenvalue weighted by molar-refractivity contribution is 0.141. The molecule has 1 atom stereocenters. The summed E-state index contributed by atoms with van der Waals surface area (Å²) < 4.78 is 7.38. The van der Waals surface area contributed by atoms with Gasteiger partial charge in [0.25, 0.3) is 0 Å². The Kier molecular flexibility index (Phi) is 8.41. The maximum Gasteiger partial charge on any atom is 0.0723 e. The van der Waals surface area contributed by atoms with Gasteiger partial charge in [0.05, 0.1) is 13.2 Å². The number of halogens is 1. The molecule has 1 aromatic carbocycles. The van der Waals surface area contributed by atoms with Crippen LogP contribution in [0.25, 0.3) is 0 Å². The van der Waals surface area contributed by atoms with E-state index < -0.39 is 0 Å². The van der Waals surface area contributed by atoms with Crippen LogP contribution in [0, 0.1) is 18.8 Å². The minimum absolute atomic E-state index is 0.402. The van der Waals surface area contributed by atoms with E-state index in [4.69, 9.17) is 4.74 Å². The zero-order chi connectivity index (χ0) is 22.5. The van der Waals surface area contributed by atoms with Gasteiger partial charge >= 0.3 is 0 Å². The van der Waals surface area contributed by atoms with Crippen molar-refractivity contribution in [1.82, 2.24) is 4.90 Å². The number of rotatable bonds is 9. The van der Waals surface area contributed by atoms with Crippen LogP contribution in [0.1, 0.15) is 58.1 Å². The summed E-state index contributed by atoms with van der Waals surface area (Å²) in [4.78, 5) is 2.27. The molecule has 1 fully saturated rings. The standard InChI is InChI=1S/C28H38BrNO/c1-7-30(6)16-21(4)22(5)26-15-27(29)25(14-20(3)28(26)23-12-13-23)18-31-17-24-11-9-8-10-19(24)2/h8-11,15-16,22-23H,7,12-14,17-18H2,1-6H3. The van der Waals surface area contributed by atoms with E-state index in [1.54, 1.807) is 5.57 Å². The molecular weight excluding hydrogens is 446 g/mol. The van der Waals surface area contributed by atoms with Crippen LogP contribution in [0.2, 0.25) is 0 Å². The van der Waals surface area contributed by atoms with Crippen molar-refractivity contribution >= 4 is 15.9 Å². The van der Waals surface area contributed by atoms with Gasteiger partial charge in [-0.1, -0.05) is 58.3 Å². The smallest absolute Gasteiger partial charge is 0.0723 e. The van der Waals surface area contributed by atoms with Crippen molar-refractivity contribution in [1.29, 1.82) is 0 Å². The van der Waals surface area contributed by atoms with Gasteiger partial charge in [-0.2, -0.15) is 0 Å². The van der Waals surface area contributed by atoms with Gasteiger partial charge in [-0.15, -0.1) is 0 Å². The van der Waals surface area contributed by atoms with E-state index in [0.29, 0.717) is 19.1 Å². The molecule has 0 amide bonds. The van der Waals surface area contributed by atoms with E-state index in [1.807, 2.05) is 0 Å². The molecule has 0 aliphatic heterocycles. The highest BCUT2D eigenvalue weighted by Gasteiger charge is 2.33. The molecule has 0 radical (unpaired) electrons. The Morgan fingerprint density at radius 3 is 2.58 bits per heavy atom. The van der Waals surface area contributed by atoms with E-state index in [1.165, 1.54) is 50.7 Å². The average Bonchev–Trinajstić information content (AvgIpc) is 3.58. The van der Waals surface area contributed by atoms with Crippen LogP contribution in [-0.2, 0) is 11.3 Å². The zero-order valence-corrected chi connectivity index (χ0v) is 21.7.